The number of piperidine rings is 1. The lowest BCUT2D eigenvalue weighted by atomic mass is 9.89. The molecule has 1 aliphatic heterocycles. The normalized spacial score (nSPS) is 15.3. The Hall–Kier alpha value is -3.25. The van der Waals surface area contributed by atoms with Crippen molar-refractivity contribution >= 4 is 11.0 Å². The highest BCUT2D eigenvalue weighted by atomic mass is 19.1. The first-order valence-corrected chi connectivity index (χ1v) is 10.9. The Morgan fingerprint density at radius 3 is 2.38 bits per heavy atom. The van der Waals surface area contributed by atoms with Crippen LogP contribution in [-0.2, 0) is 0 Å². The van der Waals surface area contributed by atoms with Gasteiger partial charge in [0.15, 0.2) is 5.58 Å². The van der Waals surface area contributed by atoms with Gasteiger partial charge in [-0.3, -0.25) is 4.90 Å². The molecule has 0 saturated carbocycles. The first-order chi connectivity index (χ1) is 15.7. The van der Waals surface area contributed by atoms with Crippen molar-refractivity contribution in [2.45, 2.75) is 18.8 Å². The van der Waals surface area contributed by atoms with Gasteiger partial charge in [-0.15, -0.1) is 0 Å². The summed E-state index contributed by atoms with van der Waals surface area (Å²) < 4.78 is 37.6. The third-order valence-corrected chi connectivity index (χ3v) is 6.17. The molecule has 1 saturated heterocycles. The second-order valence-electron chi connectivity index (χ2n) is 8.21. The average Bonchev–Trinajstić information content (AvgIpc) is 3.24. The number of halogens is 2. The lowest BCUT2D eigenvalue weighted by Crippen LogP contribution is -2.35. The third-order valence-electron chi connectivity index (χ3n) is 6.17. The van der Waals surface area contributed by atoms with E-state index in [1.165, 1.54) is 17.7 Å². The smallest absolute Gasteiger partial charge is 0.170 e. The van der Waals surface area contributed by atoms with Crippen LogP contribution in [0.2, 0.25) is 0 Å². The maximum Gasteiger partial charge on any atom is 0.170 e. The highest BCUT2D eigenvalue weighted by Crippen LogP contribution is 2.30. The zero-order valence-corrected chi connectivity index (χ0v) is 17.6. The Morgan fingerprint density at radius 2 is 1.62 bits per heavy atom. The number of fused-ring (bicyclic) bond motifs is 1. The molecule has 4 aromatic rings. The number of benzene rings is 3. The van der Waals surface area contributed by atoms with E-state index >= 15 is 0 Å². The summed E-state index contributed by atoms with van der Waals surface area (Å²) in [4.78, 5) is 2.41. The molecule has 6 heteroatoms. The van der Waals surface area contributed by atoms with Gasteiger partial charge in [-0.05, 0) is 85.9 Å². The molecule has 1 fully saturated rings. The molecular weight excluding hydrogens is 410 g/mol. The number of ether oxygens (including phenoxy) is 1. The molecule has 0 radical (unpaired) electrons. The number of aromatic nitrogens is 1. The summed E-state index contributed by atoms with van der Waals surface area (Å²) >= 11 is 0. The molecule has 0 N–H and O–H groups in total. The minimum Gasteiger partial charge on any atom is -0.492 e. The summed E-state index contributed by atoms with van der Waals surface area (Å²) in [5.41, 5.74) is 3.25. The standard InChI is InChI=1S/C26H24F2N2O2/c27-21-5-1-18(2-6-21)19-11-13-30(14-12-19)15-16-31-23-8-3-20(4-9-23)26-24-10-7-22(28)17-25(24)32-29-26/h1-10,17,19H,11-16H2. The largest absolute Gasteiger partial charge is 0.492 e. The molecule has 0 amide bonds. The van der Waals surface area contributed by atoms with Crippen molar-refractivity contribution in [2.75, 3.05) is 26.2 Å². The van der Waals surface area contributed by atoms with Gasteiger partial charge >= 0.3 is 0 Å². The van der Waals surface area contributed by atoms with Gasteiger partial charge in [0, 0.05) is 23.6 Å². The quantitative estimate of drug-likeness (QED) is 0.371. The number of hydrogen-bond donors (Lipinski definition) is 0. The molecule has 3 aromatic carbocycles. The first-order valence-electron chi connectivity index (χ1n) is 10.9. The van der Waals surface area contributed by atoms with Gasteiger partial charge < -0.3 is 9.26 Å². The SMILES string of the molecule is Fc1ccc(C2CCN(CCOc3ccc(-c4noc5cc(F)ccc45)cc3)CC2)cc1. The van der Waals surface area contributed by atoms with Crippen molar-refractivity contribution in [3.05, 3.63) is 83.9 Å². The second kappa shape index (κ2) is 9.09. The molecule has 0 unspecified atom stereocenters. The fraction of sp³-hybridized carbons (Fsp3) is 0.269. The molecule has 0 atom stereocenters. The van der Waals surface area contributed by atoms with E-state index in [0.29, 0.717) is 23.8 Å². The molecule has 1 aliphatic rings. The monoisotopic (exact) mass is 434 g/mol. The molecule has 0 bridgehead atoms. The predicted octanol–water partition coefficient (Wildman–Crippen LogP) is 6.03. The van der Waals surface area contributed by atoms with Crippen LogP contribution in [-0.4, -0.2) is 36.3 Å². The Morgan fingerprint density at radius 1 is 0.906 bits per heavy atom. The fourth-order valence-corrected chi connectivity index (χ4v) is 4.35. The molecular formula is C26H24F2N2O2. The predicted molar refractivity (Wildman–Crippen MR) is 120 cm³/mol. The fourth-order valence-electron chi connectivity index (χ4n) is 4.35. The number of rotatable bonds is 6. The van der Waals surface area contributed by atoms with Crippen LogP contribution in [0.3, 0.4) is 0 Å². The van der Waals surface area contributed by atoms with E-state index in [1.54, 1.807) is 18.2 Å². The minimum atomic E-state index is -0.344. The summed E-state index contributed by atoms with van der Waals surface area (Å²) in [6.45, 7) is 3.53. The average molecular weight is 434 g/mol. The van der Waals surface area contributed by atoms with E-state index in [4.69, 9.17) is 9.26 Å². The number of likely N-dealkylation sites (tertiary alicyclic amines) is 1. The summed E-state index contributed by atoms with van der Waals surface area (Å²) in [6.07, 6.45) is 2.16. The Bertz CT molecular complexity index is 1180. The molecule has 0 spiro atoms. The van der Waals surface area contributed by atoms with Gasteiger partial charge in [0.05, 0.1) is 0 Å². The maximum absolute atomic E-state index is 13.3. The van der Waals surface area contributed by atoms with E-state index in [1.807, 2.05) is 36.4 Å². The van der Waals surface area contributed by atoms with Crippen LogP contribution >= 0.6 is 0 Å². The number of nitrogens with zero attached hydrogens (tertiary/aromatic N) is 2. The summed E-state index contributed by atoms with van der Waals surface area (Å²) in [7, 11) is 0. The zero-order chi connectivity index (χ0) is 21.9. The van der Waals surface area contributed by atoms with E-state index in [2.05, 4.69) is 10.1 Å². The van der Waals surface area contributed by atoms with Crippen molar-refractivity contribution in [1.82, 2.24) is 10.1 Å². The zero-order valence-electron chi connectivity index (χ0n) is 17.6. The topological polar surface area (TPSA) is 38.5 Å². The molecule has 4 nitrogen and oxygen atoms in total. The van der Waals surface area contributed by atoms with Crippen LogP contribution < -0.4 is 4.74 Å². The van der Waals surface area contributed by atoms with Crippen LogP contribution in [0.1, 0.15) is 24.3 Å². The van der Waals surface area contributed by atoms with Crippen LogP contribution in [0.4, 0.5) is 8.78 Å². The molecule has 32 heavy (non-hydrogen) atoms. The first kappa shape index (κ1) is 20.6. The summed E-state index contributed by atoms with van der Waals surface area (Å²) in [5, 5.41) is 4.87. The van der Waals surface area contributed by atoms with Gasteiger partial charge in [0.2, 0.25) is 0 Å². The second-order valence-corrected chi connectivity index (χ2v) is 8.21. The third kappa shape index (κ3) is 4.50. The lowest BCUT2D eigenvalue weighted by molar-refractivity contribution is 0.173. The minimum absolute atomic E-state index is 0.180. The Labute approximate surface area is 185 Å². The van der Waals surface area contributed by atoms with Gasteiger partial charge in [0.25, 0.3) is 0 Å². The van der Waals surface area contributed by atoms with Crippen LogP contribution in [0, 0.1) is 11.6 Å². The van der Waals surface area contributed by atoms with E-state index in [0.717, 1.165) is 49.2 Å². The van der Waals surface area contributed by atoms with Crippen molar-refractivity contribution in [3.63, 3.8) is 0 Å². The van der Waals surface area contributed by atoms with E-state index in [-0.39, 0.29) is 11.6 Å². The van der Waals surface area contributed by atoms with Crippen LogP contribution in [0.5, 0.6) is 5.75 Å². The molecule has 5 rings (SSSR count). The molecule has 1 aromatic heterocycles. The number of hydrogen-bond acceptors (Lipinski definition) is 4. The van der Waals surface area contributed by atoms with Crippen LogP contribution in [0.25, 0.3) is 22.2 Å². The van der Waals surface area contributed by atoms with Gasteiger partial charge in [-0.1, -0.05) is 17.3 Å². The van der Waals surface area contributed by atoms with E-state index in [9.17, 15) is 8.78 Å². The van der Waals surface area contributed by atoms with Gasteiger partial charge in [0.1, 0.15) is 29.7 Å². The van der Waals surface area contributed by atoms with Crippen molar-refractivity contribution < 1.29 is 18.0 Å². The highest BCUT2D eigenvalue weighted by Gasteiger charge is 2.20. The van der Waals surface area contributed by atoms with Gasteiger partial charge in [-0.2, -0.15) is 0 Å². The Balaban J connectivity index is 1.12. The summed E-state index contributed by atoms with van der Waals surface area (Å²) in [6, 6.07) is 19.0. The van der Waals surface area contributed by atoms with Crippen molar-refractivity contribution in [3.8, 4) is 17.0 Å². The highest BCUT2D eigenvalue weighted by molar-refractivity contribution is 5.91. The Kier molecular flexibility index (Phi) is 5.86. The van der Waals surface area contributed by atoms with E-state index < -0.39 is 0 Å². The van der Waals surface area contributed by atoms with Crippen molar-refractivity contribution in [2.24, 2.45) is 0 Å². The molecule has 0 aliphatic carbocycles. The maximum atomic E-state index is 13.3. The van der Waals surface area contributed by atoms with Crippen LogP contribution in [0.15, 0.2) is 71.3 Å². The molecule has 2 heterocycles. The lowest BCUT2D eigenvalue weighted by Gasteiger charge is -2.32. The van der Waals surface area contributed by atoms with Gasteiger partial charge in [-0.25, -0.2) is 8.78 Å². The summed E-state index contributed by atoms with van der Waals surface area (Å²) in [5.74, 6) is 0.781. The molecule has 164 valence electrons. The van der Waals surface area contributed by atoms with Crippen molar-refractivity contribution in [1.29, 1.82) is 0 Å².